The molecule has 34 heavy (non-hydrogen) atoms. The van der Waals surface area contributed by atoms with Gasteiger partial charge in [-0.25, -0.2) is 10.2 Å². The number of halogens is 1. The molecule has 0 aliphatic heterocycles. The predicted octanol–water partition coefficient (Wildman–Crippen LogP) is 4.60. The van der Waals surface area contributed by atoms with Crippen LogP contribution in [0.15, 0.2) is 76.3 Å². The predicted molar refractivity (Wildman–Crippen MR) is 131 cm³/mol. The third-order valence-electron chi connectivity index (χ3n) is 4.38. The first-order chi connectivity index (χ1) is 16.5. The van der Waals surface area contributed by atoms with Gasteiger partial charge in [-0.1, -0.05) is 15.9 Å². The van der Waals surface area contributed by atoms with Crippen molar-refractivity contribution in [2.75, 3.05) is 20.3 Å². The number of hydrogen-bond donors (Lipinski definition) is 1. The highest BCUT2D eigenvalue weighted by molar-refractivity contribution is 9.10. The first-order valence-electron chi connectivity index (χ1n) is 10.3. The highest BCUT2D eigenvalue weighted by Crippen LogP contribution is 2.29. The lowest BCUT2D eigenvalue weighted by Gasteiger charge is -2.11. The number of ether oxygens (including phenoxy) is 4. The summed E-state index contributed by atoms with van der Waals surface area (Å²) >= 11 is 3.34. The molecule has 0 heterocycles. The first kappa shape index (κ1) is 24.8. The molecule has 1 amide bonds. The molecule has 0 fully saturated rings. The second kappa shape index (κ2) is 12.4. The Hall–Kier alpha value is -3.85. The second-order valence-corrected chi connectivity index (χ2v) is 7.71. The molecule has 8 nitrogen and oxygen atoms in total. The summed E-state index contributed by atoms with van der Waals surface area (Å²) < 4.78 is 22.5. The summed E-state index contributed by atoms with van der Waals surface area (Å²) in [4.78, 5) is 24.4. The SMILES string of the molecule is CCOc1cc(/C=N/NC(=O)COc2ccc(Br)cc2)ccc1OC(=O)c1ccc(OC)cc1. The van der Waals surface area contributed by atoms with E-state index in [4.69, 9.17) is 18.9 Å². The van der Waals surface area contributed by atoms with Crippen molar-refractivity contribution in [3.05, 3.63) is 82.3 Å². The molecule has 1 N–H and O–H groups in total. The van der Waals surface area contributed by atoms with Gasteiger partial charge in [-0.15, -0.1) is 0 Å². The number of benzene rings is 3. The molecular weight excluding hydrogens is 504 g/mol. The van der Waals surface area contributed by atoms with E-state index in [1.54, 1.807) is 61.7 Å². The summed E-state index contributed by atoms with van der Waals surface area (Å²) in [5, 5.41) is 3.94. The molecule has 9 heteroatoms. The lowest BCUT2D eigenvalue weighted by atomic mass is 10.2. The van der Waals surface area contributed by atoms with Crippen molar-refractivity contribution in [1.29, 1.82) is 0 Å². The van der Waals surface area contributed by atoms with E-state index in [-0.39, 0.29) is 12.4 Å². The maximum Gasteiger partial charge on any atom is 0.343 e. The minimum absolute atomic E-state index is 0.177. The molecule has 0 aromatic heterocycles. The van der Waals surface area contributed by atoms with E-state index >= 15 is 0 Å². The molecule has 0 aliphatic rings. The fourth-order valence-corrected chi connectivity index (χ4v) is 3.00. The highest BCUT2D eigenvalue weighted by atomic mass is 79.9. The third kappa shape index (κ3) is 7.35. The maximum absolute atomic E-state index is 12.5. The number of hydrazone groups is 1. The number of methoxy groups -OCH3 is 1. The number of carbonyl (C=O) groups excluding carboxylic acids is 2. The molecular formula is C25H23BrN2O6. The monoisotopic (exact) mass is 526 g/mol. The van der Waals surface area contributed by atoms with Gasteiger partial charge in [0.1, 0.15) is 11.5 Å². The molecule has 0 unspecified atom stereocenters. The number of hydrogen-bond acceptors (Lipinski definition) is 7. The van der Waals surface area contributed by atoms with Gasteiger partial charge in [0.2, 0.25) is 0 Å². The Labute approximate surface area is 205 Å². The summed E-state index contributed by atoms with van der Waals surface area (Å²) in [6.07, 6.45) is 1.45. The van der Waals surface area contributed by atoms with E-state index < -0.39 is 11.9 Å². The fourth-order valence-electron chi connectivity index (χ4n) is 2.73. The van der Waals surface area contributed by atoms with Crippen molar-refractivity contribution in [2.45, 2.75) is 6.92 Å². The standard InChI is InChI=1S/C25H23BrN2O6/c1-3-32-23-14-17(15-27-28-24(29)16-33-21-11-7-19(26)8-12-21)4-13-22(23)34-25(30)18-5-9-20(31-2)10-6-18/h4-15H,3,16H2,1-2H3,(H,28,29)/b27-15+. The molecule has 3 aromatic carbocycles. The molecule has 0 aliphatic carbocycles. The average Bonchev–Trinajstić information content (AvgIpc) is 2.85. The Balaban J connectivity index is 1.58. The zero-order valence-corrected chi connectivity index (χ0v) is 20.2. The number of esters is 1. The minimum atomic E-state index is -0.525. The van der Waals surface area contributed by atoms with Gasteiger partial charge in [-0.3, -0.25) is 4.79 Å². The largest absolute Gasteiger partial charge is 0.497 e. The molecule has 0 atom stereocenters. The Morgan fingerprint density at radius 3 is 2.32 bits per heavy atom. The normalized spacial score (nSPS) is 10.6. The Bertz CT molecular complexity index is 1150. The van der Waals surface area contributed by atoms with Gasteiger partial charge >= 0.3 is 5.97 Å². The molecule has 176 valence electrons. The van der Waals surface area contributed by atoms with Crippen molar-refractivity contribution in [2.24, 2.45) is 5.10 Å². The van der Waals surface area contributed by atoms with Crippen LogP contribution in [0.3, 0.4) is 0 Å². The van der Waals surface area contributed by atoms with Crippen molar-refractivity contribution >= 4 is 34.0 Å². The third-order valence-corrected chi connectivity index (χ3v) is 4.91. The van der Waals surface area contributed by atoms with Gasteiger partial charge in [0, 0.05) is 4.47 Å². The van der Waals surface area contributed by atoms with Gasteiger partial charge in [0.25, 0.3) is 5.91 Å². The lowest BCUT2D eigenvalue weighted by molar-refractivity contribution is -0.123. The zero-order valence-electron chi connectivity index (χ0n) is 18.6. The van der Waals surface area contributed by atoms with Crippen LogP contribution in [0.25, 0.3) is 0 Å². The smallest absolute Gasteiger partial charge is 0.343 e. The number of nitrogens with one attached hydrogen (secondary N) is 1. The summed E-state index contributed by atoms with van der Waals surface area (Å²) in [6.45, 7) is 2.02. The van der Waals surface area contributed by atoms with Crippen LogP contribution in [0.4, 0.5) is 0 Å². The number of rotatable bonds is 10. The van der Waals surface area contributed by atoms with E-state index in [1.807, 2.05) is 19.1 Å². The summed E-state index contributed by atoms with van der Waals surface area (Å²) in [7, 11) is 1.55. The van der Waals surface area contributed by atoms with Crippen LogP contribution >= 0.6 is 15.9 Å². The molecule has 0 saturated carbocycles. The van der Waals surface area contributed by atoms with Crippen molar-refractivity contribution in [3.8, 4) is 23.0 Å². The topological polar surface area (TPSA) is 95.5 Å². The summed E-state index contributed by atoms with van der Waals surface area (Å²) in [5.41, 5.74) is 3.42. The van der Waals surface area contributed by atoms with E-state index in [2.05, 4.69) is 26.5 Å². The van der Waals surface area contributed by atoms with E-state index in [0.29, 0.717) is 35.0 Å². The Kier molecular flexibility index (Phi) is 9.04. The number of carbonyl (C=O) groups is 2. The van der Waals surface area contributed by atoms with E-state index in [9.17, 15) is 9.59 Å². The lowest BCUT2D eigenvalue weighted by Crippen LogP contribution is -2.24. The molecule has 0 bridgehead atoms. The summed E-state index contributed by atoms with van der Waals surface area (Å²) in [5.74, 6) is 0.924. The highest BCUT2D eigenvalue weighted by Gasteiger charge is 2.13. The van der Waals surface area contributed by atoms with Crippen LogP contribution in [-0.4, -0.2) is 38.4 Å². The maximum atomic E-state index is 12.5. The molecule has 0 spiro atoms. The quantitative estimate of drug-likeness (QED) is 0.179. The molecule has 3 rings (SSSR count). The van der Waals surface area contributed by atoms with Gasteiger partial charge in [-0.2, -0.15) is 5.10 Å². The minimum Gasteiger partial charge on any atom is -0.497 e. The van der Waals surface area contributed by atoms with Gasteiger partial charge < -0.3 is 18.9 Å². The number of nitrogens with zero attached hydrogens (tertiary/aromatic N) is 1. The van der Waals surface area contributed by atoms with Crippen molar-refractivity contribution in [3.63, 3.8) is 0 Å². The van der Waals surface area contributed by atoms with Crippen LogP contribution in [0.2, 0.25) is 0 Å². The molecule has 0 radical (unpaired) electrons. The van der Waals surface area contributed by atoms with Crippen LogP contribution in [0, 0.1) is 0 Å². The molecule has 0 saturated heterocycles. The second-order valence-electron chi connectivity index (χ2n) is 6.79. The Morgan fingerprint density at radius 2 is 1.65 bits per heavy atom. The van der Waals surface area contributed by atoms with Crippen LogP contribution in [0.5, 0.6) is 23.0 Å². The molecule has 3 aromatic rings. The van der Waals surface area contributed by atoms with Crippen LogP contribution in [-0.2, 0) is 4.79 Å². The van der Waals surface area contributed by atoms with Crippen molar-refractivity contribution < 1.29 is 28.5 Å². The van der Waals surface area contributed by atoms with E-state index in [0.717, 1.165) is 4.47 Å². The zero-order chi connectivity index (χ0) is 24.3. The van der Waals surface area contributed by atoms with Crippen LogP contribution in [0.1, 0.15) is 22.8 Å². The average molecular weight is 527 g/mol. The Morgan fingerprint density at radius 1 is 0.941 bits per heavy atom. The van der Waals surface area contributed by atoms with Crippen LogP contribution < -0.4 is 24.4 Å². The number of amides is 1. The van der Waals surface area contributed by atoms with Gasteiger partial charge in [-0.05, 0) is 79.2 Å². The van der Waals surface area contributed by atoms with Gasteiger partial charge in [0.15, 0.2) is 18.1 Å². The first-order valence-corrected chi connectivity index (χ1v) is 11.1. The van der Waals surface area contributed by atoms with E-state index in [1.165, 1.54) is 6.21 Å². The van der Waals surface area contributed by atoms with Gasteiger partial charge in [0.05, 0.1) is 25.5 Å². The summed E-state index contributed by atoms with van der Waals surface area (Å²) in [6, 6.07) is 18.7. The van der Waals surface area contributed by atoms with Crippen molar-refractivity contribution in [1.82, 2.24) is 5.43 Å². The fraction of sp³-hybridized carbons (Fsp3) is 0.160.